The third-order valence-electron chi connectivity index (χ3n) is 1.45. The first-order chi connectivity index (χ1) is 5.43. The molecule has 0 bridgehead atoms. The fourth-order valence-electron chi connectivity index (χ4n) is 1.00. The number of hydrogen-bond donors (Lipinski definition) is 3. The van der Waals surface area contributed by atoms with Crippen LogP contribution in [0.25, 0.3) is 0 Å². The second-order valence-electron chi connectivity index (χ2n) is 3.36. The Morgan fingerprint density at radius 3 is 2.33 bits per heavy atom. The number of nitrogens with one attached hydrogen (secondary N) is 1. The molecule has 0 fully saturated rings. The molecule has 0 saturated heterocycles. The van der Waals surface area contributed by atoms with Crippen LogP contribution in [-0.2, 0) is 4.79 Å². The van der Waals surface area contributed by atoms with Gasteiger partial charge in [0.2, 0.25) is 0 Å². The van der Waals surface area contributed by atoms with Crippen LogP contribution in [-0.4, -0.2) is 29.2 Å². The first kappa shape index (κ1) is 11.5. The van der Waals surface area contributed by atoms with Crippen molar-refractivity contribution in [1.82, 2.24) is 5.23 Å². The molecule has 0 heterocycles. The molecule has 0 aliphatic rings. The van der Waals surface area contributed by atoms with E-state index in [0.717, 1.165) is 0 Å². The lowest BCUT2D eigenvalue weighted by Crippen LogP contribution is -2.45. The number of carbonyl (C=O) groups is 1. The molecule has 0 aromatic heterocycles. The molecule has 0 aliphatic heterocycles. The quantitative estimate of drug-likeness (QED) is 0.519. The predicted octanol–water partition coefficient (Wildman–Crippen LogP) is 0.186. The summed E-state index contributed by atoms with van der Waals surface area (Å²) in [5.41, 5.74) is 0. The van der Waals surface area contributed by atoms with Crippen molar-refractivity contribution in [2.24, 2.45) is 5.92 Å². The SMILES string of the molecule is CB(O)NC(CC(C)C)C(=O)O. The average molecular weight is 173 g/mol. The highest BCUT2D eigenvalue weighted by Crippen LogP contribution is 2.04. The molecule has 0 aromatic rings. The third-order valence-corrected chi connectivity index (χ3v) is 1.45. The van der Waals surface area contributed by atoms with Gasteiger partial charge in [-0.1, -0.05) is 13.8 Å². The van der Waals surface area contributed by atoms with Gasteiger partial charge in [-0.2, -0.15) is 0 Å². The minimum absolute atomic E-state index is 0.303. The Labute approximate surface area is 73.1 Å². The average Bonchev–Trinajstić information content (AvgIpc) is 1.83. The van der Waals surface area contributed by atoms with Crippen LogP contribution in [0.3, 0.4) is 0 Å². The molecule has 3 N–H and O–H groups in total. The Morgan fingerprint density at radius 1 is 1.58 bits per heavy atom. The van der Waals surface area contributed by atoms with Gasteiger partial charge in [0.1, 0.15) is 0 Å². The fourth-order valence-corrected chi connectivity index (χ4v) is 1.00. The first-order valence-electron chi connectivity index (χ1n) is 4.10. The summed E-state index contributed by atoms with van der Waals surface area (Å²) in [4.78, 5) is 10.6. The maximum Gasteiger partial charge on any atom is 0.374 e. The van der Waals surface area contributed by atoms with Crippen LogP contribution in [0.1, 0.15) is 20.3 Å². The van der Waals surface area contributed by atoms with E-state index in [9.17, 15) is 4.79 Å². The van der Waals surface area contributed by atoms with E-state index in [1.807, 2.05) is 13.8 Å². The smallest absolute Gasteiger partial charge is 0.374 e. The van der Waals surface area contributed by atoms with Gasteiger partial charge in [0.05, 0.1) is 6.04 Å². The molecule has 4 nitrogen and oxygen atoms in total. The number of carboxylic acids is 1. The van der Waals surface area contributed by atoms with Crippen LogP contribution in [0, 0.1) is 5.92 Å². The monoisotopic (exact) mass is 173 g/mol. The summed E-state index contributed by atoms with van der Waals surface area (Å²) in [5, 5.41) is 20.2. The van der Waals surface area contributed by atoms with Gasteiger partial charge in [0, 0.05) is 0 Å². The molecule has 0 radical (unpaired) electrons. The van der Waals surface area contributed by atoms with E-state index in [0.29, 0.717) is 12.3 Å². The zero-order valence-electron chi connectivity index (χ0n) is 7.74. The second kappa shape index (κ2) is 5.16. The van der Waals surface area contributed by atoms with Crippen LogP contribution >= 0.6 is 0 Å². The minimum atomic E-state index is -0.912. The summed E-state index contributed by atoms with van der Waals surface area (Å²) in [6, 6.07) is -0.648. The van der Waals surface area contributed by atoms with Crippen LogP contribution in [0.2, 0.25) is 6.82 Å². The zero-order valence-corrected chi connectivity index (χ0v) is 7.74. The highest BCUT2D eigenvalue weighted by atomic mass is 16.4. The molecule has 0 amide bonds. The highest BCUT2D eigenvalue weighted by Gasteiger charge is 2.20. The molecule has 5 heteroatoms. The van der Waals surface area contributed by atoms with Gasteiger partial charge in [-0.05, 0) is 19.2 Å². The van der Waals surface area contributed by atoms with E-state index in [-0.39, 0.29) is 0 Å². The largest absolute Gasteiger partial charge is 0.480 e. The molecular formula is C7H16BNO3. The van der Waals surface area contributed by atoms with Crippen LogP contribution < -0.4 is 5.23 Å². The molecule has 0 rings (SSSR count). The van der Waals surface area contributed by atoms with Crippen molar-refractivity contribution >= 4 is 13.0 Å². The van der Waals surface area contributed by atoms with Gasteiger partial charge in [0.25, 0.3) is 0 Å². The van der Waals surface area contributed by atoms with Crippen molar-refractivity contribution < 1.29 is 14.9 Å². The van der Waals surface area contributed by atoms with Crippen LogP contribution in [0.4, 0.5) is 0 Å². The topological polar surface area (TPSA) is 69.6 Å². The molecule has 1 atom stereocenters. The Morgan fingerprint density at radius 2 is 2.08 bits per heavy atom. The van der Waals surface area contributed by atoms with Gasteiger partial charge < -0.3 is 15.4 Å². The van der Waals surface area contributed by atoms with Gasteiger partial charge in [0.15, 0.2) is 0 Å². The van der Waals surface area contributed by atoms with Crippen molar-refractivity contribution in [2.75, 3.05) is 0 Å². The van der Waals surface area contributed by atoms with Gasteiger partial charge in [-0.25, -0.2) is 0 Å². The fraction of sp³-hybridized carbons (Fsp3) is 0.857. The number of carboxylic acid groups (broad SMARTS) is 1. The van der Waals surface area contributed by atoms with Gasteiger partial charge in [-0.3, -0.25) is 4.79 Å². The van der Waals surface area contributed by atoms with Crippen LogP contribution in [0.15, 0.2) is 0 Å². The summed E-state index contributed by atoms with van der Waals surface area (Å²) in [6.45, 7) is 5.40. The van der Waals surface area contributed by atoms with Gasteiger partial charge in [-0.15, -0.1) is 0 Å². The summed E-state index contributed by atoms with van der Waals surface area (Å²) in [6.07, 6.45) is 0.528. The van der Waals surface area contributed by atoms with E-state index in [4.69, 9.17) is 10.1 Å². The molecule has 12 heavy (non-hydrogen) atoms. The highest BCUT2D eigenvalue weighted by molar-refractivity contribution is 6.45. The molecule has 0 aliphatic carbocycles. The normalized spacial score (nSPS) is 13.1. The standard InChI is InChI=1S/C7H16BNO3/c1-5(2)4-6(7(10)11)9-8(3)12/h5-6,9,12H,4H2,1-3H3,(H,10,11). The maximum atomic E-state index is 10.6. The number of rotatable bonds is 5. The lowest BCUT2D eigenvalue weighted by Gasteiger charge is -2.16. The molecule has 0 spiro atoms. The summed E-state index contributed by atoms with van der Waals surface area (Å²) < 4.78 is 0. The number of hydrogen-bond acceptors (Lipinski definition) is 3. The molecule has 70 valence electrons. The van der Waals surface area contributed by atoms with Crippen LogP contribution in [0.5, 0.6) is 0 Å². The molecule has 1 unspecified atom stereocenters. The summed E-state index contributed by atoms with van der Waals surface area (Å²) in [5.74, 6) is -0.609. The van der Waals surface area contributed by atoms with E-state index in [1.54, 1.807) is 0 Å². The van der Waals surface area contributed by atoms with Crippen molar-refractivity contribution in [2.45, 2.75) is 33.1 Å². The second-order valence-corrected chi connectivity index (χ2v) is 3.36. The number of aliphatic carboxylic acids is 1. The van der Waals surface area contributed by atoms with Crippen molar-refractivity contribution in [1.29, 1.82) is 0 Å². The van der Waals surface area contributed by atoms with Gasteiger partial charge >= 0.3 is 13.0 Å². The first-order valence-corrected chi connectivity index (χ1v) is 4.10. The zero-order chi connectivity index (χ0) is 9.72. The van der Waals surface area contributed by atoms with Crippen molar-refractivity contribution in [3.05, 3.63) is 0 Å². The van der Waals surface area contributed by atoms with E-state index >= 15 is 0 Å². The van der Waals surface area contributed by atoms with E-state index < -0.39 is 19.1 Å². The predicted molar refractivity (Wildman–Crippen MR) is 47.9 cm³/mol. The Bertz CT molecular complexity index is 140. The summed E-state index contributed by atoms with van der Waals surface area (Å²) in [7, 11) is -0.773. The van der Waals surface area contributed by atoms with E-state index in [2.05, 4.69) is 5.23 Å². The Balaban J connectivity index is 3.96. The Kier molecular flexibility index (Phi) is 4.93. The lowest BCUT2D eigenvalue weighted by molar-refractivity contribution is -0.139. The summed E-state index contributed by atoms with van der Waals surface area (Å²) >= 11 is 0. The third kappa shape index (κ3) is 5.15. The maximum absolute atomic E-state index is 10.6. The Hall–Kier alpha value is -0.545. The molecule has 0 saturated carbocycles. The van der Waals surface area contributed by atoms with Crippen molar-refractivity contribution in [3.63, 3.8) is 0 Å². The molecular weight excluding hydrogens is 157 g/mol. The molecule has 0 aromatic carbocycles. The lowest BCUT2D eigenvalue weighted by atomic mass is 9.86. The minimum Gasteiger partial charge on any atom is -0.480 e. The van der Waals surface area contributed by atoms with Crippen molar-refractivity contribution in [3.8, 4) is 0 Å². The van der Waals surface area contributed by atoms with E-state index in [1.165, 1.54) is 6.82 Å².